The van der Waals surface area contributed by atoms with Gasteiger partial charge in [0.25, 0.3) is 0 Å². The molecule has 2 nitrogen and oxygen atoms in total. The Balaban J connectivity index is 1.62. The van der Waals surface area contributed by atoms with Crippen LogP contribution in [0.2, 0.25) is 5.02 Å². The van der Waals surface area contributed by atoms with Gasteiger partial charge in [-0.05, 0) is 23.6 Å². The molecule has 1 fully saturated rings. The maximum absolute atomic E-state index is 12.5. The van der Waals surface area contributed by atoms with Gasteiger partial charge in [-0.15, -0.1) is 0 Å². The first-order chi connectivity index (χ1) is 11.2. The second-order valence-electron chi connectivity index (χ2n) is 5.71. The fraction of sp³-hybridized carbons (Fsp3) is 0.316. The number of carbonyl (C=O) groups is 1. The lowest BCUT2D eigenvalue weighted by atomic mass is 10.1. The molecule has 23 heavy (non-hydrogen) atoms. The summed E-state index contributed by atoms with van der Waals surface area (Å²) in [6.45, 7) is 1.62. The molecule has 1 aliphatic heterocycles. The van der Waals surface area contributed by atoms with Crippen molar-refractivity contribution in [2.24, 2.45) is 0 Å². The van der Waals surface area contributed by atoms with E-state index in [0.717, 1.165) is 35.8 Å². The summed E-state index contributed by atoms with van der Waals surface area (Å²) in [4.78, 5) is 14.5. The first-order valence-corrected chi connectivity index (χ1v) is 9.34. The average molecular weight is 346 g/mol. The predicted molar refractivity (Wildman–Crippen MR) is 98.0 cm³/mol. The van der Waals surface area contributed by atoms with Crippen LogP contribution in [0.4, 0.5) is 0 Å². The molecule has 1 atom stereocenters. The SMILES string of the molecule is O=C(Cc1ccccc1)N1CCSC(c2ccccc2Cl)CC1. The maximum Gasteiger partial charge on any atom is 0.227 e. The van der Waals surface area contributed by atoms with Gasteiger partial charge in [-0.25, -0.2) is 0 Å². The molecular formula is C19H20ClNOS. The molecule has 2 aromatic carbocycles. The minimum Gasteiger partial charge on any atom is -0.342 e. The molecule has 0 radical (unpaired) electrons. The normalized spacial score (nSPS) is 18.5. The van der Waals surface area contributed by atoms with Crippen molar-refractivity contribution < 1.29 is 4.79 Å². The van der Waals surface area contributed by atoms with E-state index in [-0.39, 0.29) is 5.91 Å². The van der Waals surface area contributed by atoms with Crippen LogP contribution in [-0.2, 0) is 11.2 Å². The highest BCUT2D eigenvalue weighted by molar-refractivity contribution is 7.99. The van der Waals surface area contributed by atoms with E-state index in [1.807, 2.05) is 65.2 Å². The topological polar surface area (TPSA) is 20.3 Å². The van der Waals surface area contributed by atoms with Crippen LogP contribution in [0.15, 0.2) is 54.6 Å². The molecule has 0 bridgehead atoms. The molecule has 1 unspecified atom stereocenters. The zero-order valence-corrected chi connectivity index (χ0v) is 14.5. The smallest absolute Gasteiger partial charge is 0.227 e. The van der Waals surface area contributed by atoms with Gasteiger partial charge in [0, 0.05) is 29.1 Å². The maximum atomic E-state index is 12.5. The lowest BCUT2D eigenvalue weighted by molar-refractivity contribution is -0.130. The molecular weight excluding hydrogens is 326 g/mol. The van der Waals surface area contributed by atoms with E-state index in [2.05, 4.69) is 6.07 Å². The Labute approximate surface area is 146 Å². The third-order valence-corrected chi connectivity index (χ3v) is 5.80. The number of thioether (sulfide) groups is 1. The molecule has 120 valence electrons. The molecule has 4 heteroatoms. The van der Waals surface area contributed by atoms with Gasteiger partial charge in [-0.1, -0.05) is 60.1 Å². The van der Waals surface area contributed by atoms with E-state index < -0.39 is 0 Å². The average Bonchev–Trinajstić information content (AvgIpc) is 2.82. The third kappa shape index (κ3) is 4.30. The summed E-state index contributed by atoms with van der Waals surface area (Å²) in [6, 6.07) is 18.0. The molecule has 1 amide bonds. The Morgan fingerprint density at radius 3 is 2.61 bits per heavy atom. The molecule has 1 heterocycles. The second-order valence-corrected chi connectivity index (χ2v) is 7.43. The number of amides is 1. The fourth-order valence-corrected chi connectivity index (χ4v) is 4.49. The number of nitrogens with zero attached hydrogens (tertiary/aromatic N) is 1. The highest BCUT2D eigenvalue weighted by atomic mass is 35.5. The molecule has 0 N–H and O–H groups in total. The van der Waals surface area contributed by atoms with Gasteiger partial charge in [0.1, 0.15) is 0 Å². The number of hydrogen-bond donors (Lipinski definition) is 0. The molecule has 0 spiro atoms. The monoisotopic (exact) mass is 345 g/mol. The van der Waals surface area contributed by atoms with E-state index in [1.165, 1.54) is 5.56 Å². The highest BCUT2D eigenvalue weighted by Crippen LogP contribution is 2.37. The minimum atomic E-state index is 0.219. The summed E-state index contributed by atoms with van der Waals surface area (Å²) < 4.78 is 0. The van der Waals surface area contributed by atoms with Crippen LogP contribution in [-0.4, -0.2) is 29.6 Å². The first-order valence-electron chi connectivity index (χ1n) is 7.92. The van der Waals surface area contributed by atoms with Gasteiger partial charge in [0.2, 0.25) is 5.91 Å². The summed E-state index contributed by atoms with van der Waals surface area (Å²) in [5, 5.41) is 1.20. The van der Waals surface area contributed by atoms with Crippen LogP contribution in [0.5, 0.6) is 0 Å². The van der Waals surface area contributed by atoms with Gasteiger partial charge in [-0.3, -0.25) is 4.79 Å². The Morgan fingerprint density at radius 1 is 1.09 bits per heavy atom. The van der Waals surface area contributed by atoms with E-state index in [0.29, 0.717) is 11.7 Å². The number of carbonyl (C=O) groups excluding carboxylic acids is 1. The molecule has 0 aliphatic carbocycles. The third-order valence-electron chi connectivity index (χ3n) is 4.14. The molecule has 0 saturated carbocycles. The highest BCUT2D eigenvalue weighted by Gasteiger charge is 2.23. The lowest BCUT2D eigenvalue weighted by Gasteiger charge is -2.20. The van der Waals surface area contributed by atoms with E-state index >= 15 is 0 Å². The number of benzene rings is 2. The van der Waals surface area contributed by atoms with E-state index in [4.69, 9.17) is 11.6 Å². The van der Waals surface area contributed by atoms with Crippen molar-refractivity contribution in [1.29, 1.82) is 0 Å². The van der Waals surface area contributed by atoms with Crippen molar-refractivity contribution in [2.75, 3.05) is 18.8 Å². The molecule has 2 aromatic rings. The Morgan fingerprint density at radius 2 is 1.83 bits per heavy atom. The lowest BCUT2D eigenvalue weighted by Crippen LogP contribution is -2.34. The minimum absolute atomic E-state index is 0.219. The van der Waals surface area contributed by atoms with Crippen LogP contribution >= 0.6 is 23.4 Å². The van der Waals surface area contributed by atoms with E-state index in [9.17, 15) is 4.79 Å². The van der Waals surface area contributed by atoms with Gasteiger partial charge in [0.05, 0.1) is 6.42 Å². The van der Waals surface area contributed by atoms with Gasteiger partial charge < -0.3 is 4.90 Å². The Bertz CT molecular complexity index is 661. The van der Waals surface area contributed by atoms with Crippen LogP contribution in [0.25, 0.3) is 0 Å². The summed E-state index contributed by atoms with van der Waals surface area (Å²) in [7, 11) is 0. The van der Waals surface area contributed by atoms with Gasteiger partial charge in [-0.2, -0.15) is 11.8 Å². The fourth-order valence-electron chi connectivity index (χ4n) is 2.89. The summed E-state index contributed by atoms with van der Waals surface area (Å²) >= 11 is 8.22. The van der Waals surface area contributed by atoms with Crippen molar-refractivity contribution in [3.8, 4) is 0 Å². The molecule has 1 saturated heterocycles. The number of hydrogen-bond acceptors (Lipinski definition) is 2. The van der Waals surface area contributed by atoms with Crippen LogP contribution < -0.4 is 0 Å². The van der Waals surface area contributed by atoms with Crippen molar-refractivity contribution >= 4 is 29.3 Å². The summed E-state index contributed by atoms with van der Waals surface area (Å²) in [5.74, 6) is 1.17. The van der Waals surface area contributed by atoms with E-state index in [1.54, 1.807) is 0 Å². The standard InChI is InChI=1S/C19H20ClNOS/c20-17-9-5-4-8-16(17)18-10-11-21(12-13-23-18)19(22)14-15-6-2-1-3-7-15/h1-9,18H,10-14H2. The van der Waals surface area contributed by atoms with Crippen molar-refractivity contribution in [1.82, 2.24) is 4.90 Å². The molecule has 3 rings (SSSR count). The zero-order chi connectivity index (χ0) is 16.1. The molecule has 1 aliphatic rings. The van der Waals surface area contributed by atoms with Crippen molar-refractivity contribution in [3.05, 3.63) is 70.7 Å². The second kappa shape index (κ2) is 7.89. The van der Waals surface area contributed by atoms with Crippen molar-refractivity contribution in [3.63, 3.8) is 0 Å². The Hall–Kier alpha value is -1.45. The summed E-state index contributed by atoms with van der Waals surface area (Å²) in [6.07, 6.45) is 1.44. The number of halogens is 1. The van der Waals surface area contributed by atoms with Crippen LogP contribution in [0.3, 0.4) is 0 Å². The zero-order valence-electron chi connectivity index (χ0n) is 13.0. The molecule has 0 aromatic heterocycles. The Kier molecular flexibility index (Phi) is 5.63. The number of rotatable bonds is 3. The summed E-state index contributed by atoms with van der Waals surface area (Å²) in [5.41, 5.74) is 2.27. The van der Waals surface area contributed by atoms with Gasteiger partial charge in [0.15, 0.2) is 0 Å². The van der Waals surface area contributed by atoms with Crippen LogP contribution in [0.1, 0.15) is 22.8 Å². The quantitative estimate of drug-likeness (QED) is 0.811. The van der Waals surface area contributed by atoms with Crippen molar-refractivity contribution in [2.45, 2.75) is 18.1 Å². The largest absolute Gasteiger partial charge is 0.342 e. The van der Waals surface area contributed by atoms with Gasteiger partial charge >= 0.3 is 0 Å². The first kappa shape index (κ1) is 16.4. The van der Waals surface area contributed by atoms with Crippen LogP contribution in [0, 0.1) is 0 Å². The predicted octanol–water partition coefficient (Wildman–Crippen LogP) is 4.59.